The topological polar surface area (TPSA) is 54.9 Å². The van der Waals surface area contributed by atoms with Gasteiger partial charge in [-0.15, -0.1) is 24.0 Å². The van der Waals surface area contributed by atoms with E-state index in [-0.39, 0.29) is 24.0 Å². The Morgan fingerprint density at radius 1 is 1.25 bits per heavy atom. The fourth-order valence-corrected chi connectivity index (χ4v) is 2.57. The summed E-state index contributed by atoms with van der Waals surface area (Å²) in [7, 11) is 0. The lowest BCUT2D eigenvalue weighted by atomic mass is 10.1. The largest absolute Gasteiger partial charge is 0.379 e. The van der Waals surface area contributed by atoms with Crippen molar-refractivity contribution in [1.82, 2.24) is 10.6 Å². The van der Waals surface area contributed by atoms with Crippen molar-refractivity contribution in [2.75, 3.05) is 39.5 Å². The summed E-state index contributed by atoms with van der Waals surface area (Å²) in [4.78, 5) is 4.60. The average molecular weight is 455 g/mol. The first kappa shape index (κ1) is 23.9. The molecule has 0 aromatic carbocycles. The summed E-state index contributed by atoms with van der Waals surface area (Å²) >= 11 is 0. The molecule has 6 heteroatoms. The zero-order valence-electron chi connectivity index (χ0n) is 15.8. The van der Waals surface area contributed by atoms with Gasteiger partial charge in [0.05, 0.1) is 12.7 Å². The number of unbranched alkanes of at least 4 members (excludes halogenated alkanes) is 1. The molecule has 0 amide bonds. The van der Waals surface area contributed by atoms with Crippen molar-refractivity contribution in [3.8, 4) is 0 Å². The molecule has 1 unspecified atom stereocenters. The van der Waals surface area contributed by atoms with Crippen LogP contribution in [-0.4, -0.2) is 51.5 Å². The van der Waals surface area contributed by atoms with Crippen LogP contribution in [0, 0.1) is 5.92 Å². The fraction of sp³-hybridized carbons (Fsp3) is 0.944. The Labute approximate surface area is 165 Å². The molecule has 1 aliphatic heterocycles. The minimum atomic E-state index is 0. The minimum Gasteiger partial charge on any atom is -0.379 e. The minimum absolute atomic E-state index is 0. The van der Waals surface area contributed by atoms with Crippen LogP contribution in [-0.2, 0) is 9.47 Å². The van der Waals surface area contributed by atoms with Crippen molar-refractivity contribution in [2.24, 2.45) is 10.9 Å². The summed E-state index contributed by atoms with van der Waals surface area (Å²) in [5.74, 6) is 1.72. The van der Waals surface area contributed by atoms with Crippen LogP contribution in [0.3, 0.4) is 0 Å². The molecular weight excluding hydrogens is 417 g/mol. The van der Waals surface area contributed by atoms with Crippen LogP contribution >= 0.6 is 24.0 Å². The zero-order valence-corrected chi connectivity index (χ0v) is 18.1. The van der Waals surface area contributed by atoms with Crippen LogP contribution < -0.4 is 10.6 Å². The highest BCUT2D eigenvalue weighted by atomic mass is 127. The summed E-state index contributed by atoms with van der Waals surface area (Å²) in [5, 5.41) is 6.70. The van der Waals surface area contributed by atoms with Gasteiger partial charge in [0, 0.05) is 32.8 Å². The van der Waals surface area contributed by atoms with Crippen molar-refractivity contribution in [2.45, 2.75) is 65.4 Å². The molecular formula is C18H38IN3O2. The number of aliphatic imine (C=N–C) groups is 1. The molecule has 0 saturated carbocycles. The molecule has 1 saturated heterocycles. The predicted molar refractivity (Wildman–Crippen MR) is 112 cm³/mol. The lowest BCUT2D eigenvalue weighted by Gasteiger charge is -2.12. The van der Waals surface area contributed by atoms with Gasteiger partial charge in [-0.1, -0.05) is 26.7 Å². The maximum absolute atomic E-state index is 5.66. The van der Waals surface area contributed by atoms with Gasteiger partial charge < -0.3 is 20.1 Å². The third-order valence-corrected chi connectivity index (χ3v) is 3.89. The Bertz CT molecular complexity index is 309. The van der Waals surface area contributed by atoms with Crippen LogP contribution in [0.25, 0.3) is 0 Å². The molecule has 1 atom stereocenters. The van der Waals surface area contributed by atoms with Crippen molar-refractivity contribution in [1.29, 1.82) is 0 Å². The Hall–Kier alpha value is -0.0800. The van der Waals surface area contributed by atoms with E-state index in [1.807, 2.05) is 0 Å². The van der Waals surface area contributed by atoms with Gasteiger partial charge in [0.25, 0.3) is 0 Å². The number of hydrogen-bond donors (Lipinski definition) is 2. The fourth-order valence-electron chi connectivity index (χ4n) is 2.57. The van der Waals surface area contributed by atoms with Gasteiger partial charge in [-0.25, -0.2) is 0 Å². The summed E-state index contributed by atoms with van der Waals surface area (Å²) in [6.45, 7) is 11.7. The van der Waals surface area contributed by atoms with Gasteiger partial charge in [0.15, 0.2) is 5.96 Å². The molecule has 0 aliphatic carbocycles. The second-order valence-corrected chi connectivity index (χ2v) is 6.64. The van der Waals surface area contributed by atoms with Gasteiger partial charge in [-0.2, -0.15) is 0 Å². The van der Waals surface area contributed by atoms with Gasteiger partial charge in [-0.3, -0.25) is 4.99 Å². The molecule has 1 aliphatic rings. The zero-order chi connectivity index (χ0) is 16.8. The Morgan fingerprint density at radius 3 is 2.75 bits per heavy atom. The first-order valence-electron chi connectivity index (χ1n) is 9.44. The molecule has 144 valence electrons. The van der Waals surface area contributed by atoms with E-state index in [1.165, 1.54) is 25.7 Å². The van der Waals surface area contributed by atoms with Gasteiger partial charge in [0.1, 0.15) is 0 Å². The van der Waals surface area contributed by atoms with Crippen molar-refractivity contribution < 1.29 is 9.47 Å². The highest BCUT2D eigenvalue weighted by Crippen LogP contribution is 2.11. The molecule has 0 bridgehead atoms. The van der Waals surface area contributed by atoms with E-state index in [4.69, 9.17) is 9.47 Å². The van der Waals surface area contributed by atoms with E-state index in [0.29, 0.717) is 6.10 Å². The van der Waals surface area contributed by atoms with Crippen molar-refractivity contribution in [3.63, 3.8) is 0 Å². The maximum Gasteiger partial charge on any atom is 0.191 e. The first-order chi connectivity index (χ1) is 11.2. The normalized spacial score (nSPS) is 17.8. The number of nitrogens with one attached hydrogen (secondary N) is 2. The molecule has 0 aromatic heterocycles. The van der Waals surface area contributed by atoms with Crippen molar-refractivity contribution >= 4 is 29.9 Å². The molecule has 0 spiro atoms. The smallest absolute Gasteiger partial charge is 0.191 e. The third kappa shape index (κ3) is 13.2. The number of halogens is 1. The summed E-state index contributed by atoms with van der Waals surface area (Å²) in [6.07, 6.45) is 7.38. The second-order valence-electron chi connectivity index (χ2n) is 6.64. The van der Waals surface area contributed by atoms with E-state index in [9.17, 15) is 0 Å². The van der Waals surface area contributed by atoms with E-state index in [0.717, 1.165) is 64.2 Å². The number of hydrogen-bond acceptors (Lipinski definition) is 3. The van der Waals surface area contributed by atoms with Crippen molar-refractivity contribution in [3.05, 3.63) is 0 Å². The summed E-state index contributed by atoms with van der Waals surface area (Å²) in [6, 6.07) is 0. The number of ether oxygens (including phenoxy) is 2. The van der Waals surface area contributed by atoms with E-state index in [1.54, 1.807) is 0 Å². The van der Waals surface area contributed by atoms with Gasteiger partial charge in [0.2, 0.25) is 0 Å². The highest BCUT2D eigenvalue weighted by Gasteiger charge is 2.14. The standard InChI is InChI=1S/C18H37N3O2.HI/c1-4-19-18(20-11-6-5-9-16(2)3)21-12-8-13-22-15-17-10-7-14-23-17;/h16-17H,4-15H2,1-3H3,(H2,19,20,21);1H. The van der Waals surface area contributed by atoms with Crippen LogP contribution in [0.4, 0.5) is 0 Å². The monoisotopic (exact) mass is 455 g/mol. The summed E-state index contributed by atoms with van der Waals surface area (Å²) < 4.78 is 11.2. The lowest BCUT2D eigenvalue weighted by Crippen LogP contribution is -2.37. The predicted octanol–water partition coefficient (Wildman–Crippen LogP) is 3.57. The van der Waals surface area contributed by atoms with Crippen LogP contribution in [0.1, 0.15) is 59.3 Å². The molecule has 1 rings (SSSR count). The molecule has 0 aromatic rings. The van der Waals surface area contributed by atoms with E-state index >= 15 is 0 Å². The van der Waals surface area contributed by atoms with Crippen LogP contribution in [0.15, 0.2) is 4.99 Å². The first-order valence-corrected chi connectivity index (χ1v) is 9.44. The van der Waals surface area contributed by atoms with Crippen LogP contribution in [0.5, 0.6) is 0 Å². The Morgan fingerprint density at radius 2 is 2.08 bits per heavy atom. The average Bonchev–Trinajstić information content (AvgIpc) is 3.03. The van der Waals surface area contributed by atoms with E-state index in [2.05, 4.69) is 36.4 Å². The van der Waals surface area contributed by atoms with Crippen LogP contribution in [0.2, 0.25) is 0 Å². The SMILES string of the molecule is CCNC(=NCCCOCC1CCCO1)NCCCCC(C)C.I. The Balaban J connectivity index is 0.00000529. The van der Waals surface area contributed by atoms with Gasteiger partial charge in [-0.05, 0) is 38.5 Å². The number of guanidine groups is 1. The van der Waals surface area contributed by atoms with E-state index < -0.39 is 0 Å². The third-order valence-electron chi connectivity index (χ3n) is 3.89. The molecule has 1 heterocycles. The number of nitrogens with zero attached hydrogens (tertiary/aromatic N) is 1. The lowest BCUT2D eigenvalue weighted by molar-refractivity contribution is 0.0171. The van der Waals surface area contributed by atoms with Gasteiger partial charge >= 0.3 is 0 Å². The quantitative estimate of drug-likeness (QED) is 0.205. The highest BCUT2D eigenvalue weighted by molar-refractivity contribution is 14.0. The molecule has 24 heavy (non-hydrogen) atoms. The second kappa shape index (κ2) is 16.4. The molecule has 2 N–H and O–H groups in total. The summed E-state index contributed by atoms with van der Waals surface area (Å²) in [5.41, 5.74) is 0. The number of rotatable bonds is 12. The molecule has 5 nitrogen and oxygen atoms in total. The maximum atomic E-state index is 5.66. The Kier molecular flexibility index (Phi) is 16.3. The molecule has 1 fully saturated rings. The molecule has 0 radical (unpaired) electrons.